The lowest BCUT2D eigenvalue weighted by Gasteiger charge is -2.29. The summed E-state index contributed by atoms with van der Waals surface area (Å²) < 4.78 is 0. The zero-order chi connectivity index (χ0) is 12.3. The number of nitroso groups, excluding NO2 is 1. The molecule has 16 heavy (non-hydrogen) atoms. The Kier molecular flexibility index (Phi) is 3.87. The number of nitrogens with zero attached hydrogens (tertiary/aromatic N) is 2. The molecule has 90 valence electrons. The minimum absolute atomic E-state index is 0.0247. The fourth-order valence-corrected chi connectivity index (χ4v) is 1.89. The first kappa shape index (κ1) is 12.9. The summed E-state index contributed by atoms with van der Waals surface area (Å²) in [5.74, 6) is -1.93. The molecule has 1 aliphatic rings. The first-order valence-corrected chi connectivity index (χ1v) is 5.38. The van der Waals surface area contributed by atoms with E-state index >= 15 is 0 Å². The Bertz CT molecular complexity index is 324. The molecule has 0 unspecified atom stereocenters. The van der Waals surface area contributed by atoms with Crippen LogP contribution in [0.2, 0.25) is 0 Å². The van der Waals surface area contributed by atoms with Crippen LogP contribution >= 0.6 is 12.6 Å². The Labute approximate surface area is 97.4 Å². The average Bonchev–Trinajstić information content (AvgIpc) is 2.71. The summed E-state index contributed by atoms with van der Waals surface area (Å²) in [7, 11) is 0. The van der Waals surface area contributed by atoms with Gasteiger partial charge in [0.15, 0.2) is 0 Å². The molecule has 0 aromatic rings. The largest absolute Gasteiger partial charge is 0.478 e. The van der Waals surface area contributed by atoms with E-state index in [9.17, 15) is 14.5 Å². The van der Waals surface area contributed by atoms with Crippen molar-refractivity contribution in [3.8, 4) is 0 Å². The molecule has 8 heteroatoms. The Morgan fingerprint density at radius 3 is 2.69 bits per heavy atom. The fourth-order valence-electron chi connectivity index (χ4n) is 1.73. The first-order chi connectivity index (χ1) is 7.49. The zero-order valence-corrected chi connectivity index (χ0v) is 9.39. The van der Waals surface area contributed by atoms with Crippen molar-refractivity contribution >= 4 is 24.5 Å². The van der Waals surface area contributed by atoms with Crippen molar-refractivity contribution in [3.05, 3.63) is 4.91 Å². The van der Waals surface area contributed by atoms with Gasteiger partial charge in [0.05, 0.1) is 6.04 Å². The van der Waals surface area contributed by atoms with Crippen LogP contribution in [0, 0.1) is 4.91 Å². The lowest BCUT2D eigenvalue weighted by atomic mass is 10.1. The number of carboxylic acids is 1. The van der Waals surface area contributed by atoms with Crippen LogP contribution in [-0.2, 0) is 9.59 Å². The van der Waals surface area contributed by atoms with Gasteiger partial charge in [-0.15, -0.1) is 4.91 Å². The highest BCUT2D eigenvalue weighted by Gasteiger charge is 2.52. The van der Waals surface area contributed by atoms with E-state index in [2.05, 4.69) is 17.8 Å². The van der Waals surface area contributed by atoms with Crippen LogP contribution in [0.4, 0.5) is 0 Å². The third kappa shape index (κ3) is 1.90. The average molecular weight is 247 g/mol. The van der Waals surface area contributed by atoms with Crippen LogP contribution in [0.15, 0.2) is 5.18 Å². The van der Waals surface area contributed by atoms with Crippen LogP contribution in [0.25, 0.3) is 0 Å². The third-order valence-electron chi connectivity index (χ3n) is 2.63. The Balaban J connectivity index is 2.99. The summed E-state index contributed by atoms with van der Waals surface area (Å²) in [5, 5.41) is 11.6. The molecule has 0 saturated carbocycles. The highest BCUT2D eigenvalue weighted by Crippen LogP contribution is 2.31. The Morgan fingerprint density at radius 2 is 2.25 bits per heavy atom. The number of likely N-dealkylation sites (tertiary alicyclic amines) is 1. The summed E-state index contributed by atoms with van der Waals surface area (Å²) in [4.78, 5) is 34.4. The fraction of sp³-hybridized carbons (Fsp3) is 0.750. The molecule has 7 nitrogen and oxygen atoms in total. The zero-order valence-electron chi connectivity index (χ0n) is 8.50. The molecule has 0 bridgehead atoms. The lowest BCUT2D eigenvalue weighted by Crippen LogP contribution is -2.56. The number of hydrogen-bond acceptors (Lipinski definition) is 6. The number of aliphatic carboxylic acids is 1. The van der Waals surface area contributed by atoms with Crippen molar-refractivity contribution in [2.24, 2.45) is 10.9 Å². The van der Waals surface area contributed by atoms with E-state index in [1.54, 1.807) is 0 Å². The van der Waals surface area contributed by atoms with Crippen molar-refractivity contribution in [3.63, 3.8) is 0 Å². The SMILES string of the molecule is N[C@@H](CS)C(=O)N1CCC[C@@]1(N=O)C(=O)O. The Hall–Kier alpha value is -1.15. The standard InChI is InChI=1S/C8H13N3O4S/c9-5(4-16)6(12)11-3-1-2-8(11,10-15)7(13)14/h5,16H,1-4,9H2,(H,13,14)/t5-,8-/m0/s1. The molecule has 1 amide bonds. The van der Waals surface area contributed by atoms with Gasteiger partial charge >= 0.3 is 5.97 Å². The van der Waals surface area contributed by atoms with Gasteiger partial charge < -0.3 is 15.7 Å². The van der Waals surface area contributed by atoms with Crippen molar-refractivity contribution in [1.82, 2.24) is 4.90 Å². The van der Waals surface area contributed by atoms with Crippen molar-refractivity contribution < 1.29 is 14.7 Å². The molecule has 0 aliphatic carbocycles. The number of carbonyl (C=O) groups is 2. The number of nitrogens with two attached hydrogens (primary N) is 1. The van der Waals surface area contributed by atoms with E-state index in [0.717, 1.165) is 4.90 Å². The van der Waals surface area contributed by atoms with Crippen molar-refractivity contribution in [2.75, 3.05) is 12.3 Å². The van der Waals surface area contributed by atoms with Crippen LogP contribution in [0.3, 0.4) is 0 Å². The van der Waals surface area contributed by atoms with E-state index in [1.807, 2.05) is 0 Å². The maximum absolute atomic E-state index is 11.7. The molecule has 1 aliphatic heterocycles. The maximum atomic E-state index is 11.7. The molecular formula is C8H13N3O4S. The number of rotatable bonds is 4. The molecule has 1 rings (SSSR count). The summed E-state index contributed by atoms with van der Waals surface area (Å²) >= 11 is 3.86. The van der Waals surface area contributed by atoms with Gasteiger partial charge in [0.1, 0.15) is 0 Å². The number of carboxylic acid groups (broad SMARTS) is 1. The smallest absolute Gasteiger partial charge is 0.356 e. The highest BCUT2D eigenvalue weighted by molar-refractivity contribution is 7.80. The molecule has 1 heterocycles. The van der Waals surface area contributed by atoms with E-state index in [-0.39, 0.29) is 18.7 Å². The molecule has 0 aromatic heterocycles. The second-order valence-electron chi connectivity index (χ2n) is 3.60. The molecule has 3 N–H and O–H groups in total. The molecule has 0 radical (unpaired) electrons. The maximum Gasteiger partial charge on any atom is 0.356 e. The van der Waals surface area contributed by atoms with Crippen molar-refractivity contribution in [1.29, 1.82) is 0 Å². The number of amides is 1. The van der Waals surface area contributed by atoms with Gasteiger partial charge in [-0.05, 0) is 11.6 Å². The second kappa shape index (κ2) is 4.79. The number of hydrogen-bond donors (Lipinski definition) is 3. The number of thiol groups is 1. The van der Waals surface area contributed by atoms with Crippen molar-refractivity contribution in [2.45, 2.75) is 24.5 Å². The predicted molar refractivity (Wildman–Crippen MR) is 58.9 cm³/mol. The molecule has 0 aromatic carbocycles. The van der Waals surface area contributed by atoms with Gasteiger partial charge in [-0.3, -0.25) is 4.79 Å². The quantitative estimate of drug-likeness (QED) is 0.454. The minimum atomic E-state index is -1.99. The van der Waals surface area contributed by atoms with Gasteiger partial charge in [0.25, 0.3) is 5.66 Å². The van der Waals surface area contributed by atoms with Crippen LogP contribution in [-0.4, -0.2) is 45.9 Å². The summed E-state index contributed by atoms with van der Waals surface area (Å²) in [6, 6.07) is -0.915. The van der Waals surface area contributed by atoms with Gasteiger partial charge in [0, 0.05) is 18.7 Å². The van der Waals surface area contributed by atoms with E-state index in [0.29, 0.717) is 6.42 Å². The topological polar surface area (TPSA) is 113 Å². The van der Waals surface area contributed by atoms with E-state index in [4.69, 9.17) is 10.8 Å². The monoisotopic (exact) mass is 247 g/mol. The van der Waals surface area contributed by atoms with Crippen LogP contribution in [0.1, 0.15) is 12.8 Å². The first-order valence-electron chi connectivity index (χ1n) is 4.75. The van der Waals surface area contributed by atoms with Gasteiger partial charge in [0.2, 0.25) is 5.91 Å². The van der Waals surface area contributed by atoms with Gasteiger partial charge in [-0.25, -0.2) is 4.79 Å². The van der Waals surface area contributed by atoms with Crippen LogP contribution in [0.5, 0.6) is 0 Å². The molecule has 0 spiro atoms. The van der Waals surface area contributed by atoms with Gasteiger partial charge in [-0.1, -0.05) is 0 Å². The summed E-state index contributed by atoms with van der Waals surface area (Å²) in [6.45, 7) is 0.179. The van der Waals surface area contributed by atoms with Crippen LogP contribution < -0.4 is 5.73 Å². The molecular weight excluding hydrogens is 234 g/mol. The van der Waals surface area contributed by atoms with Gasteiger partial charge in [-0.2, -0.15) is 12.6 Å². The predicted octanol–water partition coefficient (Wildman–Crippen LogP) is -0.587. The Morgan fingerprint density at radius 1 is 1.62 bits per heavy atom. The number of carbonyl (C=O) groups excluding carboxylic acids is 1. The van der Waals surface area contributed by atoms with E-state index < -0.39 is 23.6 Å². The molecule has 1 fully saturated rings. The van der Waals surface area contributed by atoms with E-state index in [1.165, 1.54) is 0 Å². The normalized spacial score (nSPS) is 26.5. The summed E-state index contributed by atoms with van der Waals surface area (Å²) in [5.41, 5.74) is 3.48. The summed E-state index contributed by atoms with van der Waals surface area (Å²) in [6.07, 6.45) is 0.444. The highest BCUT2D eigenvalue weighted by atomic mass is 32.1. The third-order valence-corrected chi connectivity index (χ3v) is 3.02. The lowest BCUT2D eigenvalue weighted by molar-refractivity contribution is -0.156. The second-order valence-corrected chi connectivity index (χ2v) is 3.96. The molecule has 1 saturated heterocycles. The minimum Gasteiger partial charge on any atom is -0.478 e. The molecule has 2 atom stereocenters.